The van der Waals surface area contributed by atoms with Gasteiger partial charge in [0.1, 0.15) is 11.6 Å². The zero-order chi connectivity index (χ0) is 21.0. The largest absolute Gasteiger partial charge is 0.426 e. The predicted molar refractivity (Wildman–Crippen MR) is 105 cm³/mol. The molecule has 1 aliphatic carbocycles. The third-order valence-electron chi connectivity index (χ3n) is 6.49. The smallest absolute Gasteiger partial charge is 0.314 e. The maximum Gasteiger partial charge on any atom is 0.314 e. The monoisotopic (exact) mass is 412 g/mol. The highest BCUT2D eigenvalue weighted by atomic mass is 19.3. The van der Waals surface area contributed by atoms with Gasteiger partial charge in [0.25, 0.3) is 6.43 Å². The summed E-state index contributed by atoms with van der Waals surface area (Å²) in [6, 6.07) is 2.61. The Morgan fingerprint density at radius 2 is 1.90 bits per heavy atom. The second-order valence-electron chi connectivity index (χ2n) is 8.55. The van der Waals surface area contributed by atoms with Crippen LogP contribution in [0.2, 0.25) is 0 Å². The maximum absolute atomic E-state index is 14.1. The highest BCUT2D eigenvalue weighted by Crippen LogP contribution is 2.38. The molecule has 1 saturated heterocycles. The second kappa shape index (κ2) is 9.96. The summed E-state index contributed by atoms with van der Waals surface area (Å²) < 4.78 is 51.9. The molecule has 0 spiro atoms. The van der Waals surface area contributed by atoms with Crippen LogP contribution in [0.1, 0.15) is 75.8 Å². The third-order valence-corrected chi connectivity index (χ3v) is 6.49. The molecule has 1 saturated carbocycles. The molecule has 2 atom stereocenters. The third kappa shape index (κ3) is 5.33. The molecule has 29 heavy (non-hydrogen) atoms. The van der Waals surface area contributed by atoms with Crippen LogP contribution in [0.15, 0.2) is 12.1 Å². The van der Waals surface area contributed by atoms with E-state index in [1.165, 1.54) is 38.3 Å². The Morgan fingerprint density at radius 3 is 2.48 bits per heavy atom. The molecule has 0 radical (unpaired) electrons. The number of esters is 1. The Bertz CT molecular complexity index is 691. The van der Waals surface area contributed by atoms with Gasteiger partial charge in [0.15, 0.2) is 0 Å². The molecule has 0 bridgehead atoms. The molecule has 3 rings (SSSR count). The van der Waals surface area contributed by atoms with Gasteiger partial charge in [0.05, 0.1) is 17.6 Å². The Morgan fingerprint density at radius 1 is 1.17 bits per heavy atom. The first-order valence-corrected chi connectivity index (χ1v) is 10.8. The molecule has 6 heteroatoms. The van der Waals surface area contributed by atoms with Crippen molar-refractivity contribution in [1.82, 2.24) is 0 Å². The first-order valence-electron chi connectivity index (χ1n) is 10.8. The summed E-state index contributed by atoms with van der Waals surface area (Å²) in [5.41, 5.74) is -0.724. The van der Waals surface area contributed by atoms with Crippen molar-refractivity contribution in [2.75, 3.05) is 6.61 Å². The lowest BCUT2D eigenvalue weighted by molar-refractivity contribution is -0.141. The number of hydrogen-bond donors (Lipinski definition) is 0. The molecular weight excluding hydrogens is 381 g/mol. The fraction of sp³-hybridized carbons (Fsp3) is 0.696. The van der Waals surface area contributed by atoms with Crippen LogP contribution in [0.4, 0.5) is 13.2 Å². The number of alkyl halides is 2. The lowest BCUT2D eigenvalue weighted by Crippen LogP contribution is -2.35. The molecular formula is C23H31F3O3. The van der Waals surface area contributed by atoms with E-state index in [9.17, 15) is 18.0 Å². The van der Waals surface area contributed by atoms with Gasteiger partial charge in [-0.1, -0.05) is 19.4 Å². The zero-order valence-electron chi connectivity index (χ0n) is 17.3. The Balaban J connectivity index is 1.53. The van der Waals surface area contributed by atoms with Crippen molar-refractivity contribution in [3.63, 3.8) is 0 Å². The van der Waals surface area contributed by atoms with Gasteiger partial charge in [-0.3, -0.25) is 4.79 Å². The molecule has 0 amide bonds. The Kier molecular flexibility index (Phi) is 7.60. The van der Waals surface area contributed by atoms with E-state index in [-0.39, 0.29) is 23.3 Å². The molecule has 2 unspecified atom stereocenters. The molecule has 0 aromatic heterocycles. The Labute approximate surface area is 171 Å². The molecule has 2 aliphatic rings. The standard InChI is InChI=1S/C23H31F3O3/c1-3-4-15-6-12-18(28-13-15)16-7-9-17(10-8-16)23(27)29-19-11-5-14(2)21(24)20(19)22(25)26/h5,11,15-18,22H,3-4,6-10,12-13H2,1-2H3. The number of halogens is 3. The first kappa shape index (κ1) is 22.1. The number of benzene rings is 1. The van der Waals surface area contributed by atoms with E-state index >= 15 is 0 Å². The van der Waals surface area contributed by atoms with Gasteiger partial charge in [-0.05, 0) is 75.3 Å². The summed E-state index contributed by atoms with van der Waals surface area (Å²) in [5.74, 6) is -1.15. The van der Waals surface area contributed by atoms with Crippen LogP contribution in [0, 0.1) is 30.5 Å². The van der Waals surface area contributed by atoms with Crippen LogP contribution in [0.5, 0.6) is 5.75 Å². The average Bonchev–Trinajstić information content (AvgIpc) is 2.71. The quantitative estimate of drug-likeness (QED) is 0.402. The van der Waals surface area contributed by atoms with E-state index in [4.69, 9.17) is 9.47 Å². The highest BCUT2D eigenvalue weighted by molar-refractivity contribution is 5.75. The predicted octanol–water partition coefficient (Wildman–Crippen LogP) is 6.38. The Hall–Kier alpha value is -1.56. The number of rotatable bonds is 6. The molecule has 2 fully saturated rings. The van der Waals surface area contributed by atoms with Gasteiger partial charge in [0.2, 0.25) is 0 Å². The van der Waals surface area contributed by atoms with Crippen LogP contribution in [-0.4, -0.2) is 18.7 Å². The van der Waals surface area contributed by atoms with Crippen molar-refractivity contribution in [1.29, 1.82) is 0 Å². The first-order chi connectivity index (χ1) is 13.9. The molecule has 3 nitrogen and oxygen atoms in total. The van der Waals surface area contributed by atoms with Gasteiger partial charge >= 0.3 is 5.97 Å². The van der Waals surface area contributed by atoms with E-state index in [1.54, 1.807) is 0 Å². The fourth-order valence-electron chi connectivity index (χ4n) is 4.73. The van der Waals surface area contributed by atoms with Crippen LogP contribution in [0.3, 0.4) is 0 Å². The SMILES string of the molecule is CCCC1CCC(C2CCC(C(=O)Oc3ccc(C)c(F)c3C(F)F)CC2)OC1. The molecule has 1 aromatic carbocycles. The normalized spacial score (nSPS) is 27.8. The summed E-state index contributed by atoms with van der Waals surface area (Å²) in [7, 11) is 0. The van der Waals surface area contributed by atoms with Crippen molar-refractivity contribution in [3.05, 3.63) is 29.1 Å². The van der Waals surface area contributed by atoms with Gasteiger partial charge in [-0.15, -0.1) is 0 Å². The summed E-state index contributed by atoms with van der Waals surface area (Å²) in [6.45, 7) is 4.43. The van der Waals surface area contributed by atoms with E-state index in [0.717, 1.165) is 25.9 Å². The van der Waals surface area contributed by atoms with Gasteiger partial charge in [-0.2, -0.15) is 0 Å². The molecule has 1 heterocycles. The number of carbonyl (C=O) groups is 1. The van der Waals surface area contributed by atoms with Crippen LogP contribution in [-0.2, 0) is 9.53 Å². The summed E-state index contributed by atoms with van der Waals surface area (Å²) in [5, 5.41) is 0. The van der Waals surface area contributed by atoms with Crippen molar-refractivity contribution in [3.8, 4) is 5.75 Å². The van der Waals surface area contributed by atoms with Gasteiger partial charge in [0, 0.05) is 6.61 Å². The summed E-state index contributed by atoms with van der Waals surface area (Å²) >= 11 is 0. The lowest BCUT2D eigenvalue weighted by Gasteiger charge is -2.37. The maximum atomic E-state index is 14.1. The van der Waals surface area contributed by atoms with Crippen LogP contribution in [0.25, 0.3) is 0 Å². The number of ether oxygens (including phenoxy) is 2. The minimum atomic E-state index is -3.03. The van der Waals surface area contributed by atoms with Crippen molar-refractivity contribution in [2.24, 2.45) is 17.8 Å². The average molecular weight is 412 g/mol. The summed E-state index contributed by atoms with van der Waals surface area (Å²) in [4.78, 5) is 12.5. The number of hydrogen-bond acceptors (Lipinski definition) is 3. The number of aryl methyl sites for hydroxylation is 1. The van der Waals surface area contributed by atoms with Crippen molar-refractivity contribution < 1.29 is 27.4 Å². The highest BCUT2D eigenvalue weighted by Gasteiger charge is 2.35. The van der Waals surface area contributed by atoms with Crippen molar-refractivity contribution >= 4 is 5.97 Å². The fourth-order valence-corrected chi connectivity index (χ4v) is 4.73. The molecule has 1 aromatic rings. The van der Waals surface area contributed by atoms with Crippen molar-refractivity contribution in [2.45, 2.75) is 77.7 Å². The van der Waals surface area contributed by atoms with E-state index < -0.39 is 23.8 Å². The molecule has 162 valence electrons. The zero-order valence-corrected chi connectivity index (χ0v) is 17.3. The molecule has 0 N–H and O–H groups in total. The van der Waals surface area contributed by atoms with Gasteiger partial charge in [-0.25, -0.2) is 13.2 Å². The van der Waals surface area contributed by atoms with Crippen LogP contribution < -0.4 is 4.74 Å². The summed E-state index contributed by atoms with van der Waals surface area (Å²) in [6.07, 6.45) is 4.95. The van der Waals surface area contributed by atoms with E-state index in [1.807, 2.05) is 0 Å². The minimum Gasteiger partial charge on any atom is -0.426 e. The minimum absolute atomic E-state index is 0.106. The van der Waals surface area contributed by atoms with E-state index in [2.05, 4.69) is 6.92 Å². The van der Waals surface area contributed by atoms with Gasteiger partial charge < -0.3 is 9.47 Å². The second-order valence-corrected chi connectivity index (χ2v) is 8.55. The topological polar surface area (TPSA) is 35.5 Å². The molecule has 1 aliphatic heterocycles. The van der Waals surface area contributed by atoms with E-state index in [0.29, 0.717) is 24.7 Å². The van der Waals surface area contributed by atoms with Crippen LogP contribution >= 0.6 is 0 Å². The lowest BCUT2D eigenvalue weighted by atomic mass is 9.77. The number of carbonyl (C=O) groups excluding carboxylic acids is 1.